The van der Waals surface area contributed by atoms with Gasteiger partial charge in [0.15, 0.2) is 6.23 Å². The van der Waals surface area contributed by atoms with Gasteiger partial charge in [0.2, 0.25) is 0 Å². The third-order valence-corrected chi connectivity index (χ3v) is 2.74. The average molecular weight is 174 g/mol. The van der Waals surface area contributed by atoms with E-state index in [1.54, 1.807) is 0 Å². The second-order valence-corrected chi connectivity index (χ2v) is 4.51. The smallest absolute Gasteiger partial charge is 0.190 e. The molecule has 0 aliphatic heterocycles. The van der Waals surface area contributed by atoms with E-state index in [4.69, 9.17) is 4.74 Å². The summed E-state index contributed by atoms with van der Waals surface area (Å²) in [4.78, 5) is 0. The zero-order valence-corrected chi connectivity index (χ0v) is 9.59. The summed E-state index contributed by atoms with van der Waals surface area (Å²) >= 11 is 0. The van der Waals surface area contributed by atoms with Crippen LogP contribution < -0.4 is 0 Å². The van der Waals surface area contributed by atoms with Crippen LogP contribution in [0, 0.1) is 0 Å². The van der Waals surface area contributed by atoms with Gasteiger partial charge in [-0.2, -0.15) is 0 Å². The van der Waals surface area contributed by atoms with Crippen LogP contribution in [-0.2, 0) is 4.74 Å². The zero-order valence-electron chi connectivity index (χ0n) is 9.59. The largest absolute Gasteiger partial charge is 0.327 e. The van der Waals surface area contributed by atoms with E-state index in [0.29, 0.717) is 12.1 Å². The lowest BCUT2D eigenvalue weighted by Gasteiger charge is -2.40. The van der Waals surface area contributed by atoms with Crippen molar-refractivity contribution in [3.05, 3.63) is 0 Å². The second kappa shape index (κ2) is 4.24. The van der Waals surface area contributed by atoms with Gasteiger partial charge in [0.1, 0.15) is 0 Å². The molecule has 0 aromatic heterocycles. The standard InChI is InChI=1S/C10H24NO/c1-8(2)11(6,7)10(5)12-9(3)4/h8-10H,1-7H3/q+1. The molecule has 74 valence electrons. The molecular formula is C10H24NO+. The Morgan fingerprint density at radius 3 is 1.58 bits per heavy atom. The molecule has 0 saturated heterocycles. The predicted molar refractivity (Wildman–Crippen MR) is 52.9 cm³/mol. The maximum absolute atomic E-state index is 5.75. The Bertz CT molecular complexity index is 130. The van der Waals surface area contributed by atoms with Crippen LogP contribution in [0.2, 0.25) is 0 Å². The van der Waals surface area contributed by atoms with Gasteiger partial charge >= 0.3 is 0 Å². The van der Waals surface area contributed by atoms with Crippen LogP contribution in [0.4, 0.5) is 0 Å². The van der Waals surface area contributed by atoms with Crippen molar-refractivity contribution >= 4 is 0 Å². The van der Waals surface area contributed by atoms with E-state index < -0.39 is 0 Å². The highest BCUT2D eigenvalue weighted by molar-refractivity contribution is 4.45. The zero-order chi connectivity index (χ0) is 9.94. The molecule has 12 heavy (non-hydrogen) atoms. The van der Waals surface area contributed by atoms with Gasteiger partial charge < -0.3 is 9.22 Å². The molecule has 0 rings (SSSR count). The molecule has 1 unspecified atom stereocenters. The third kappa shape index (κ3) is 3.11. The Kier molecular flexibility index (Phi) is 4.21. The Labute approximate surface area is 77.1 Å². The summed E-state index contributed by atoms with van der Waals surface area (Å²) in [5, 5.41) is 0. The fourth-order valence-corrected chi connectivity index (χ4v) is 0.971. The molecular weight excluding hydrogens is 150 g/mol. The molecule has 0 heterocycles. The van der Waals surface area contributed by atoms with E-state index in [1.807, 2.05) is 0 Å². The van der Waals surface area contributed by atoms with E-state index in [1.165, 1.54) is 0 Å². The van der Waals surface area contributed by atoms with Crippen molar-refractivity contribution in [2.45, 2.75) is 53.0 Å². The van der Waals surface area contributed by atoms with Gasteiger partial charge in [0.25, 0.3) is 0 Å². The van der Waals surface area contributed by atoms with Gasteiger partial charge in [-0.1, -0.05) is 0 Å². The summed E-state index contributed by atoms with van der Waals surface area (Å²) in [6.45, 7) is 10.7. The molecule has 0 N–H and O–H groups in total. The van der Waals surface area contributed by atoms with Crippen LogP contribution >= 0.6 is 0 Å². The van der Waals surface area contributed by atoms with Crippen molar-refractivity contribution in [1.82, 2.24) is 0 Å². The molecule has 0 fully saturated rings. The lowest BCUT2D eigenvalue weighted by Crippen LogP contribution is -2.53. The third-order valence-electron chi connectivity index (χ3n) is 2.74. The Morgan fingerprint density at radius 2 is 1.33 bits per heavy atom. The minimum Gasteiger partial charge on any atom is -0.327 e. The molecule has 0 aliphatic rings. The van der Waals surface area contributed by atoms with E-state index in [0.717, 1.165) is 4.48 Å². The monoisotopic (exact) mass is 174 g/mol. The molecule has 1 atom stereocenters. The summed E-state index contributed by atoms with van der Waals surface area (Å²) in [5.41, 5.74) is 0. The molecule has 0 aromatic carbocycles. The number of ether oxygens (including phenoxy) is 1. The number of hydrogen-bond donors (Lipinski definition) is 0. The summed E-state index contributed by atoms with van der Waals surface area (Å²) < 4.78 is 6.66. The summed E-state index contributed by atoms with van der Waals surface area (Å²) in [6, 6.07) is 0.596. The predicted octanol–water partition coefficient (Wildman–Crippen LogP) is 2.24. The molecule has 2 heteroatoms. The molecule has 0 radical (unpaired) electrons. The van der Waals surface area contributed by atoms with Gasteiger partial charge in [0, 0.05) is 6.92 Å². The normalized spacial score (nSPS) is 15.8. The second-order valence-electron chi connectivity index (χ2n) is 4.51. The van der Waals surface area contributed by atoms with Crippen LogP contribution in [0.1, 0.15) is 34.6 Å². The molecule has 0 amide bonds. The van der Waals surface area contributed by atoms with Crippen molar-refractivity contribution < 1.29 is 9.22 Å². The fourth-order valence-electron chi connectivity index (χ4n) is 0.971. The minimum atomic E-state index is 0.269. The van der Waals surface area contributed by atoms with Crippen molar-refractivity contribution in [3.8, 4) is 0 Å². The fraction of sp³-hybridized carbons (Fsp3) is 1.00. The van der Waals surface area contributed by atoms with Crippen molar-refractivity contribution in [1.29, 1.82) is 0 Å². The molecule has 0 aliphatic carbocycles. The highest BCUT2D eigenvalue weighted by atomic mass is 16.5. The summed E-state index contributed by atoms with van der Waals surface area (Å²) in [7, 11) is 4.41. The van der Waals surface area contributed by atoms with Gasteiger partial charge in [-0.3, -0.25) is 0 Å². The number of rotatable bonds is 4. The van der Waals surface area contributed by atoms with Crippen LogP contribution in [0.3, 0.4) is 0 Å². The maximum Gasteiger partial charge on any atom is 0.190 e. The van der Waals surface area contributed by atoms with Gasteiger partial charge in [-0.05, 0) is 27.7 Å². The number of quaternary nitrogens is 1. The highest BCUT2D eigenvalue weighted by Crippen LogP contribution is 2.14. The first-order valence-corrected chi connectivity index (χ1v) is 4.77. The maximum atomic E-state index is 5.75. The Morgan fingerprint density at radius 1 is 0.917 bits per heavy atom. The lowest BCUT2D eigenvalue weighted by molar-refractivity contribution is -0.955. The highest BCUT2D eigenvalue weighted by Gasteiger charge is 2.28. The molecule has 0 spiro atoms. The Balaban J connectivity index is 4.15. The number of hydrogen-bond acceptors (Lipinski definition) is 1. The van der Waals surface area contributed by atoms with E-state index in [-0.39, 0.29) is 6.23 Å². The van der Waals surface area contributed by atoms with Crippen LogP contribution in [-0.4, -0.2) is 37.0 Å². The molecule has 0 bridgehead atoms. The topological polar surface area (TPSA) is 9.23 Å². The van der Waals surface area contributed by atoms with E-state index >= 15 is 0 Å². The molecule has 0 saturated carbocycles. The first kappa shape index (κ1) is 11.9. The molecule has 2 nitrogen and oxygen atoms in total. The SMILES string of the molecule is CC(C)OC(C)[N+](C)(C)C(C)C. The average Bonchev–Trinajstić information content (AvgIpc) is 1.85. The summed E-state index contributed by atoms with van der Waals surface area (Å²) in [5.74, 6) is 0. The van der Waals surface area contributed by atoms with E-state index in [9.17, 15) is 0 Å². The van der Waals surface area contributed by atoms with Gasteiger partial charge in [0.05, 0.1) is 26.2 Å². The molecule has 0 aromatic rings. The van der Waals surface area contributed by atoms with Crippen LogP contribution in [0.15, 0.2) is 0 Å². The van der Waals surface area contributed by atoms with Crippen LogP contribution in [0.5, 0.6) is 0 Å². The van der Waals surface area contributed by atoms with Gasteiger partial charge in [-0.25, -0.2) is 0 Å². The number of nitrogens with zero attached hydrogens (tertiary/aromatic N) is 1. The van der Waals surface area contributed by atoms with Crippen molar-refractivity contribution in [2.75, 3.05) is 14.1 Å². The summed E-state index contributed by atoms with van der Waals surface area (Å²) in [6.07, 6.45) is 0.584. The quantitative estimate of drug-likeness (QED) is 0.469. The van der Waals surface area contributed by atoms with Crippen LogP contribution in [0.25, 0.3) is 0 Å². The lowest BCUT2D eigenvalue weighted by atomic mass is 10.2. The Hall–Kier alpha value is -0.0800. The van der Waals surface area contributed by atoms with Crippen molar-refractivity contribution in [2.24, 2.45) is 0 Å². The first-order valence-electron chi connectivity index (χ1n) is 4.77. The minimum absolute atomic E-state index is 0.269. The van der Waals surface area contributed by atoms with E-state index in [2.05, 4.69) is 48.7 Å². The van der Waals surface area contributed by atoms with Gasteiger partial charge in [-0.15, -0.1) is 0 Å². The van der Waals surface area contributed by atoms with Crippen molar-refractivity contribution in [3.63, 3.8) is 0 Å². The first-order chi connectivity index (χ1) is 5.28.